The summed E-state index contributed by atoms with van der Waals surface area (Å²) in [5.41, 5.74) is 0.345. The first kappa shape index (κ1) is 16.0. The zero-order chi connectivity index (χ0) is 16.4. The van der Waals surface area contributed by atoms with Crippen LogP contribution in [0.1, 0.15) is 25.3 Å². The fourth-order valence-corrected chi connectivity index (χ4v) is 3.47. The number of benzene rings is 1. The minimum atomic E-state index is -1.59. The molecule has 124 valence electrons. The van der Waals surface area contributed by atoms with Gasteiger partial charge >= 0.3 is 5.97 Å². The normalized spacial score (nSPS) is 25.5. The highest BCUT2D eigenvalue weighted by Crippen LogP contribution is 2.56. The molecule has 0 N–H and O–H groups in total. The molecule has 2 atom stereocenters. The predicted molar refractivity (Wildman–Crippen MR) is 83.4 cm³/mol. The first-order valence-corrected chi connectivity index (χ1v) is 8.22. The van der Waals surface area contributed by atoms with Gasteiger partial charge in [-0.05, 0) is 31.7 Å². The van der Waals surface area contributed by atoms with Crippen LogP contribution < -0.4 is 0 Å². The summed E-state index contributed by atoms with van der Waals surface area (Å²) in [6.45, 7) is 2.83. The summed E-state index contributed by atoms with van der Waals surface area (Å²) in [5.74, 6) is -1.39. The van der Waals surface area contributed by atoms with Crippen molar-refractivity contribution in [3.63, 3.8) is 0 Å². The van der Waals surface area contributed by atoms with Crippen LogP contribution in [0.25, 0.3) is 0 Å². The number of alkyl halides is 1. The van der Waals surface area contributed by atoms with Gasteiger partial charge < -0.3 is 9.64 Å². The van der Waals surface area contributed by atoms with Crippen LogP contribution in [0.4, 0.5) is 4.39 Å². The fraction of sp³-hybridized carbons (Fsp3) is 0.556. The van der Waals surface area contributed by atoms with Crippen LogP contribution in [-0.4, -0.2) is 42.6 Å². The lowest BCUT2D eigenvalue weighted by atomic mass is 9.87. The topological polar surface area (TPSA) is 46.6 Å². The third kappa shape index (κ3) is 2.96. The molecule has 2 fully saturated rings. The Kier molecular flexibility index (Phi) is 4.37. The molecular weight excluding hydrogens is 297 g/mol. The van der Waals surface area contributed by atoms with Crippen molar-refractivity contribution in [2.75, 3.05) is 19.7 Å². The zero-order valence-corrected chi connectivity index (χ0v) is 13.3. The highest BCUT2D eigenvalue weighted by molar-refractivity contribution is 5.87. The van der Waals surface area contributed by atoms with Crippen LogP contribution in [0.15, 0.2) is 30.3 Å². The highest BCUT2D eigenvalue weighted by Gasteiger charge is 2.63. The number of esters is 1. The Balaban J connectivity index is 1.65. The maximum absolute atomic E-state index is 14.5. The van der Waals surface area contributed by atoms with E-state index in [1.165, 1.54) is 0 Å². The monoisotopic (exact) mass is 319 g/mol. The molecule has 1 amide bonds. The van der Waals surface area contributed by atoms with Gasteiger partial charge in [0, 0.05) is 19.0 Å². The quantitative estimate of drug-likeness (QED) is 0.756. The summed E-state index contributed by atoms with van der Waals surface area (Å²) in [6.07, 6.45) is 0.351. The summed E-state index contributed by atoms with van der Waals surface area (Å²) in [5, 5.41) is 0. The van der Waals surface area contributed by atoms with Crippen LogP contribution in [0.5, 0.6) is 0 Å². The summed E-state index contributed by atoms with van der Waals surface area (Å²) in [6, 6.07) is 9.82. The summed E-state index contributed by atoms with van der Waals surface area (Å²) < 4.78 is 19.6. The molecule has 0 aromatic heterocycles. The van der Waals surface area contributed by atoms with Gasteiger partial charge in [0.2, 0.25) is 0 Å². The molecule has 1 aliphatic carbocycles. The molecule has 1 aliphatic heterocycles. The van der Waals surface area contributed by atoms with Gasteiger partial charge in [-0.2, -0.15) is 0 Å². The lowest BCUT2D eigenvalue weighted by molar-refractivity contribution is -0.152. The predicted octanol–water partition coefficient (Wildman–Crippen LogP) is 2.37. The van der Waals surface area contributed by atoms with Crippen LogP contribution in [0.3, 0.4) is 0 Å². The number of nitrogens with zero attached hydrogens (tertiary/aromatic N) is 1. The number of halogens is 1. The number of amides is 1. The Morgan fingerprint density at radius 3 is 2.65 bits per heavy atom. The molecule has 5 heteroatoms. The SMILES string of the molecule is CCOC(=O)C1([C@H]2CN(CCc3ccccc3)C(=O)[C@H]2F)CC1. The van der Waals surface area contributed by atoms with Gasteiger partial charge in [0.1, 0.15) is 0 Å². The molecular formula is C18H22FNO3. The summed E-state index contributed by atoms with van der Waals surface area (Å²) in [7, 11) is 0. The molecule has 1 aromatic rings. The van der Waals surface area contributed by atoms with Crippen molar-refractivity contribution >= 4 is 11.9 Å². The molecule has 0 unspecified atom stereocenters. The number of likely N-dealkylation sites (tertiary alicyclic amines) is 1. The first-order valence-electron chi connectivity index (χ1n) is 8.22. The van der Waals surface area contributed by atoms with Gasteiger partial charge in [0.05, 0.1) is 12.0 Å². The van der Waals surface area contributed by atoms with Crippen LogP contribution in [0, 0.1) is 11.3 Å². The molecule has 1 saturated heterocycles. The lowest BCUT2D eigenvalue weighted by Gasteiger charge is -2.22. The molecule has 4 nitrogen and oxygen atoms in total. The van der Waals surface area contributed by atoms with E-state index in [0.717, 1.165) is 5.56 Å². The van der Waals surface area contributed by atoms with Crippen LogP contribution in [0.2, 0.25) is 0 Å². The Bertz CT molecular complexity index is 585. The van der Waals surface area contributed by atoms with Crippen LogP contribution in [-0.2, 0) is 20.7 Å². The van der Waals surface area contributed by atoms with Gasteiger partial charge in [0.25, 0.3) is 5.91 Å². The van der Waals surface area contributed by atoms with E-state index in [-0.39, 0.29) is 12.6 Å². The first-order chi connectivity index (χ1) is 11.1. The van der Waals surface area contributed by atoms with Crippen molar-refractivity contribution in [2.24, 2.45) is 11.3 Å². The Labute approximate surface area is 135 Å². The van der Waals surface area contributed by atoms with E-state index >= 15 is 0 Å². The van der Waals surface area contributed by atoms with Crippen molar-refractivity contribution in [1.82, 2.24) is 4.90 Å². The second-order valence-corrected chi connectivity index (χ2v) is 6.40. The van der Waals surface area contributed by atoms with E-state index in [2.05, 4.69) is 0 Å². The van der Waals surface area contributed by atoms with Gasteiger partial charge in [0.15, 0.2) is 6.17 Å². The van der Waals surface area contributed by atoms with Crippen molar-refractivity contribution in [3.8, 4) is 0 Å². The van der Waals surface area contributed by atoms with Crippen molar-refractivity contribution in [2.45, 2.75) is 32.4 Å². The number of ether oxygens (including phenoxy) is 1. The van der Waals surface area contributed by atoms with E-state index in [4.69, 9.17) is 4.74 Å². The number of rotatable bonds is 6. The number of carbonyl (C=O) groups excluding carboxylic acids is 2. The smallest absolute Gasteiger partial charge is 0.312 e. The standard InChI is InChI=1S/C18H22FNO3/c1-2-23-17(22)18(9-10-18)14-12-20(16(21)15(14)19)11-8-13-6-4-3-5-7-13/h3-7,14-15H,2,8-12H2,1H3/t14-,15-/m0/s1. The largest absolute Gasteiger partial charge is 0.466 e. The average Bonchev–Trinajstić information content (AvgIpc) is 3.32. The van der Waals surface area contributed by atoms with E-state index in [9.17, 15) is 14.0 Å². The van der Waals surface area contributed by atoms with Crippen molar-refractivity contribution in [1.29, 1.82) is 0 Å². The molecule has 0 spiro atoms. The second-order valence-electron chi connectivity index (χ2n) is 6.40. The van der Waals surface area contributed by atoms with Crippen LogP contribution >= 0.6 is 0 Å². The molecule has 1 saturated carbocycles. The third-order valence-corrected chi connectivity index (χ3v) is 5.01. The summed E-state index contributed by atoms with van der Waals surface area (Å²) >= 11 is 0. The van der Waals surface area contributed by atoms with E-state index in [0.29, 0.717) is 32.4 Å². The van der Waals surface area contributed by atoms with Gasteiger partial charge in [-0.25, -0.2) is 4.39 Å². The Morgan fingerprint density at radius 1 is 1.35 bits per heavy atom. The molecule has 0 radical (unpaired) electrons. The molecule has 0 bridgehead atoms. The minimum absolute atomic E-state index is 0.288. The van der Waals surface area contributed by atoms with E-state index in [1.807, 2.05) is 30.3 Å². The second kappa shape index (κ2) is 6.30. The van der Waals surface area contributed by atoms with Gasteiger partial charge in [-0.15, -0.1) is 0 Å². The lowest BCUT2D eigenvalue weighted by Crippen LogP contribution is -2.34. The maximum Gasteiger partial charge on any atom is 0.312 e. The van der Waals surface area contributed by atoms with Gasteiger partial charge in [-0.1, -0.05) is 30.3 Å². The molecule has 1 heterocycles. The molecule has 1 aromatic carbocycles. The zero-order valence-electron chi connectivity index (χ0n) is 13.3. The number of carbonyl (C=O) groups is 2. The Hall–Kier alpha value is -1.91. The Morgan fingerprint density at radius 2 is 2.04 bits per heavy atom. The summed E-state index contributed by atoms with van der Waals surface area (Å²) in [4.78, 5) is 25.9. The van der Waals surface area contributed by atoms with E-state index < -0.39 is 23.4 Å². The third-order valence-electron chi connectivity index (χ3n) is 5.01. The number of hydrogen-bond acceptors (Lipinski definition) is 3. The number of hydrogen-bond donors (Lipinski definition) is 0. The average molecular weight is 319 g/mol. The molecule has 3 rings (SSSR count). The molecule has 2 aliphatic rings. The van der Waals surface area contributed by atoms with Crippen molar-refractivity contribution < 1.29 is 18.7 Å². The molecule has 23 heavy (non-hydrogen) atoms. The van der Waals surface area contributed by atoms with Gasteiger partial charge in [-0.3, -0.25) is 9.59 Å². The van der Waals surface area contributed by atoms with Crippen molar-refractivity contribution in [3.05, 3.63) is 35.9 Å². The highest BCUT2D eigenvalue weighted by atomic mass is 19.1. The van der Waals surface area contributed by atoms with E-state index in [1.54, 1.807) is 11.8 Å². The fourth-order valence-electron chi connectivity index (χ4n) is 3.47. The minimum Gasteiger partial charge on any atom is -0.466 e. The maximum atomic E-state index is 14.5.